The van der Waals surface area contributed by atoms with Crippen LogP contribution in [0.25, 0.3) is 5.57 Å². The molecule has 0 aromatic heterocycles. The lowest BCUT2D eigenvalue weighted by Gasteiger charge is -2.13. The summed E-state index contributed by atoms with van der Waals surface area (Å²) in [5.41, 5.74) is 4.96. The maximum atomic E-state index is 4.21. The number of rotatable bonds is 4. The van der Waals surface area contributed by atoms with E-state index in [2.05, 4.69) is 88.1 Å². The lowest BCUT2D eigenvalue weighted by molar-refractivity contribution is 0.627. The molecule has 2 rings (SSSR count). The molecule has 0 atom stereocenters. The maximum absolute atomic E-state index is 4.21. The Morgan fingerprint density at radius 2 is 1.74 bits per heavy atom. The highest BCUT2D eigenvalue weighted by Gasteiger charge is 2.11. The summed E-state index contributed by atoms with van der Waals surface area (Å²) in [6.07, 6.45) is 14.3. The summed E-state index contributed by atoms with van der Waals surface area (Å²) in [5, 5.41) is 0. The fourth-order valence-electron chi connectivity index (χ4n) is 2.36. The quantitative estimate of drug-likeness (QED) is 0.518. The molecule has 0 fully saturated rings. The first-order valence-electron chi connectivity index (χ1n) is 8.56. The molecule has 0 aliphatic heterocycles. The fraction of sp³-hybridized carbons (Fsp3) is 0.304. The predicted molar refractivity (Wildman–Crippen MR) is 105 cm³/mol. The van der Waals surface area contributed by atoms with Crippen LogP contribution in [0, 0.1) is 5.41 Å². The van der Waals surface area contributed by atoms with Crippen LogP contribution in [0.1, 0.15) is 46.6 Å². The summed E-state index contributed by atoms with van der Waals surface area (Å²) in [5.74, 6) is 0. The summed E-state index contributed by atoms with van der Waals surface area (Å²) in [6.45, 7) is 14.8. The maximum Gasteiger partial charge on any atom is 0.00109 e. The first-order chi connectivity index (χ1) is 11.0. The van der Waals surface area contributed by atoms with Crippen LogP contribution in [0.5, 0.6) is 0 Å². The van der Waals surface area contributed by atoms with Gasteiger partial charge in [0.25, 0.3) is 0 Å². The Hall–Kier alpha value is -2.08. The molecule has 0 bridgehead atoms. The molecule has 0 nitrogen and oxygen atoms in total. The zero-order valence-electron chi connectivity index (χ0n) is 15.3. The van der Waals surface area contributed by atoms with Gasteiger partial charge in [-0.3, -0.25) is 0 Å². The highest BCUT2D eigenvalue weighted by atomic mass is 14.2. The fourth-order valence-corrected chi connectivity index (χ4v) is 2.36. The Kier molecular flexibility index (Phi) is 7.54. The van der Waals surface area contributed by atoms with Gasteiger partial charge in [0.15, 0.2) is 0 Å². The topological polar surface area (TPSA) is 0 Å². The average molecular weight is 306 g/mol. The van der Waals surface area contributed by atoms with Crippen molar-refractivity contribution in [3.8, 4) is 0 Å². The number of hydrogen-bond acceptors (Lipinski definition) is 0. The molecule has 0 saturated carbocycles. The highest BCUT2D eigenvalue weighted by Crippen LogP contribution is 2.27. The highest BCUT2D eigenvalue weighted by molar-refractivity contribution is 5.74. The van der Waals surface area contributed by atoms with Gasteiger partial charge in [0.05, 0.1) is 0 Å². The Balaban J connectivity index is 0.00000127. The second-order valence-electron chi connectivity index (χ2n) is 6.05. The van der Waals surface area contributed by atoms with E-state index in [1.807, 2.05) is 19.9 Å². The molecule has 0 N–H and O–H groups in total. The Bertz CT molecular complexity index is 619. The third kappa shape index (κ3) is 5.90. The van der Waals surface area contributed by atoms with Gasteiger partial charge in [0.2, 0.25) is 0 Å². The van der Waals surface area contributed by atoms with Gasteiger partial charge in [-0.2, -0.15) is 0 Å². The summed E-state index contributed by atoms with van der Waals surface area (Å²) in [6, 6.07) is 10.3. The van der Waals surface area contributed by atoms with Crippen molar-refractivity contribution in [3.05, 3.63) is 90.1 Å². The van der Waals surface area contributed by atoms with Crippen LogP contribution in [0.3, 0.4) is 0 Å². The molecule has 0 unspecified atom stereocenters. The monoisotopic (exact) mass is 306 g/mol. The Morgan fingerprint density at radius 1 is 1.09 bits per heavy atom. The zero-order chi connectivity index (χ0) is 17.3. The second-order valence-corrected chi connectivity index (χ2v) is 6.05. The van der Waals surface area contributed by atoms with Crippen molar-refractivity contribution in [2.45, 2.75) is 41.0 Å². The predicted octanol–water partition coefficient (Wildman–Crippen LogP) is 7.14. The van der Waals surface area contributed by atoms with Crippen molar-refractivity contribution in [2.24, 2.45) is 5.41 Å². The number of benzene rings is 1. The van der Waals surface area contributed by atoms with E-state index >= 15 is 0 Å². The summed E-state index contributed by atoms with van der Waals surface area (Å²) in [4.78, 5) is 0. The van der Waals surface area contributed by atoms with E-state index in [9.17, 15) is 0 Å². The molecular formula is C23H30. The first-order valence-corrected chi connectivity index (χ1v) is 8.56. The minimum absolute atomic E-state index is 0.119. The van der Waals surface area contributed by atoms with Gasteiger partial charge in [-0.25, -0.2) is 0 Å². The molecule has 23 heavy (non-hydrogen) atoms. The van der Waals surface area contributed by atoms with E-state index in [0.717, 1.165) is 12.0 Å². The zero-order valence-corrected chi connectivity index (χ0v) is 15.3. The smallest absolute Gasteiger partial charge is 0.00109 e. The van der Waals surface area contributed by atoms with Crippen LogP contribution in [-0.2, 0) is 0 Å². The molecule has 0 radical (unpaired) electrons. The molecule has 1 aromatic rings. The van der Waals surface area contributed by atoms with Crippen LogP contribution in [0.4, 0.5) is 0 Å². The largest absolute Gasteiger partial charge is 0.0911 e. The molecule has 0 spiro atoms. The lowest BCUT2D eigenvalue weighted by atomic mass is 9.92. The van der Waals surface area contributed by atoms with E-state index in [4.69, 9.17) is 0 Å². The molecule has 1 aliphatic carbocycles. The second kappa shape index (κ2) is 9.15. The summed E-state index contributed by atoms with van der Waals surface area (Å²) < 4.78 is 0. The van der Waals surface area contributed by atoms with Gasteiger partial charge in [0, 0.05) is 5.41 Å². The van der Waals surface area contributed by atoms with Gasteiger partial charge >= 0.3 is 0 Å². The molecule has 122 valence electrons. The molecule has 0 amide bonds. The van der Waals surface area contributed by atoms with Crippen LogP contribution >= 0.6 is 0 Å². The van der Waals surface area contributed by atoms with Crippen molar-refractivity contribution >= 4 is 5.57 Å². The van der Waals surface area contributed by atoms with Gasteiger partial charge < -0.3 is 0 Å². The van der Waals surface area contributed by atoms with Gasteiger partial charge in [-0.05, 0) is 28.7 Å². The standard InChI is InChI=1S/C21H24.C2H6/c1-5-18(16-17(2)19-10-7-6-8-11-19)20-12-9-14-21(3,4)15-13-20;1-2/h6-16H,2,5H2,1,3-4H3;1-2H3/b18-16+;. The van der Waals surface area contributed by atoms with Gasteiger partial charge in [-0.15, -0.1) is 0 Å². The van der Waals surface area contributed by atoms with E-state index < -0.39 is 0 Å². The van der Waals surface area contributed by atoms with Crippen molar-refractivity contribution in [3.63, 3.8) is 0 Å². The van der Waals surface area contributed by atoms with Crippen molar-refractivity contribution < 1.29 is 0 Å². The molecule has 0 saturated heterocycles. The Labute approximate surface area is 142 Å². The lowest BCUT2D eigenvalue weighted by Crippen LogP contribution is -2.00. The van der Waals surface area contributed by atoms with Crippen molar-refractivity contribution in [2.75, 3.05) is 0 Å². The van der Waals surface area contributed by atoms with Crippen LogP contribution in [0.2, 0.25) is 0 Å². The van der Waals surface area contributed by atoms with E-state index in [1.54, 1.807) is 0 Å². The van der Waals surface area contributed by atoms with E-state index in [0.29, 0.717) is 0 Å². The van der Waals surface area contributed by atoms with Gasteiger partial charge in [0.1, 0.15) is 0 Å². The third-order valence-corrected chi connectivity index (χ3v) is 3.74. The summed E-state index contributed by atoms with van der Waals surface area (Å²) in [7, 11) is 0. The van der Waals surface area contributed by atoms with Crippen molar-refractivity contribution in [1.29, 1.82) is 0 Å². The minimum atomic E-state index is 0.119. The minimum Gasteiger partial charge on any atom is -0.0911 e. The van der Waals surface area contributed by atoms with E-state index in [-0.39, 0.29) is 5.41 Å². The third-order valence-electron chi connectivity index (χ3n) is 3.74. The Morgan fingerprint density at radius 3 is 2.35 bits per heavy atom. The molecular weight excluding hydrogens is 276 g/mol. The van der Waals surface area contributed by atoms with Gasteiger partial charge in [-0.1, -0.05) is 108 Å². The molecule has 0 heterocycles. The molecule has 1 aliphatic rings. The van der Waals surface area contributed by atoms with Crippen LogP contribution in [-0.4, -0.2) is 0 Å². The van der Waals surface area contributed by atoms with Crippen LogP contribution < -0.4 is 0 Å². The number of hydrogen-bond donors (Lipinski definition) is 0. The summed E-state index contributed by atoms with van der Waals surface area (Å²) >= 11 is 0. The molecule has 1 aromatic carbocycles. The van der Waals surface area contributed by atoms with Crippen molar-refractivity contribution in [1.82, 2.24) is 0 Å². The SMILES string of the molecule is C=C(/C=C(\CC)C1=CC=CC(C)(C)C=C1)c1ccccc1.CC. The molecule has 0 heteroatoms. The van der Waals surface area contributed by atoms with Crippen LogP contribution in [0.15, 0.2) is 84.5 Å². The normalized spacial score (nSPS) is 16.0. The van der Waals surface area contributed by atoms with E-state index in [1.165, 1.54) is 16.7 Å². The first kappa shape index (κ1) is 19.0. The number of allylic oxidation sites excluding steroid dienone is 9. The average Bonchev–Trinajstić information content (AvgIpc) is 2.76.